The number of benzene rings is 2. The lowest BCUT2D eigenvalue weighted by atomic mass is 9.96. The highest BCUT2D eigenvalue weighted by molar-refractivity contribution is 9.08. The Labute approximate surface area is 112 Å². The zero-order valence-corrected chi connectivity index (χ0v) is 10.9. The van der Waals surface area contributed by atoms with Crippen LogP contribution < -0.4 is 4.74 Å². The van der Waals surface area contributed by atoms with E-state index < -0.39 is 0 Å². The third-order valence-corrected chi connectivity index (χ3v) is 3.64. The van der Waals surface area contributed by atoms with Crippen molar-refractivity contribution >= 4 is 15.9 Å². The van der Waals surface area contributed by atoms with Gasteiger partial charge in [0, 0.05) is 22.0 Å². The van der Waals surface area contributed by atoms with Crippen molar-refractivity contribution in [3.05, 3.63) is 53.1 Å². The fourth-order valence-corrected chi connectivity index (χ4v) is 2.56. The van der Waals surface area contributed by atoms with Gasteiger partial charge >= 0.3 is 0 Å². The molecule has 0 fully saturated rings. The number of hydrogen-bond donors (Lipinski definition) is 0. The smallest absolute Gasteiger partial charge is 0.128 e. The first kappa shape index (κ1) is 11.7. The van der Waals surface area contributed by atoms with Crippen LogP contribution in [0.25, 0.3) is 11.1 Å². The summed E-state index contributed by atoms with van der Waals surface area (Å²) < 4.78 is 32.5. The lowest BCUT2D eigenvalue weighted by molar-refractivity contribution is 0.301. The molecule has 1 nitrogen and oxygen atoms in total. The van der Waals surface area contributed by atoms with Crippen LogP contribution >= 0.6 is 15.9 Å². The Kier molecular flexibility index (Phi) is 2.82. The Morgan fingerprint density at radius 1 is 1.11 bits per heavy atom. The highest BCUT2D eigenvalue weighted by atomic mass is 79.9. The summed E-state index contributed by atoms with van der Waals surface area (Å²) in [5.74, 6) is 0.0507. The molecule has 2 aromatic rings. The zero-order chi connectivity index (χ0) is 12.7. The summed E-state index contributed by atoms with van der Waals surface area (Å²) in [5, 5.41) is 0.436. The monoisotopic (exact) mass is 310 g/mol. The molecule has 0 aliphatic carbocycles. The average Bonchev–Trinajstić information content (AvgIpc) is 2.37. The number of ether oxygens (including phenoxy) is 1. The van der Waals surface area contributed by atoms with Crippen LogP contribution in [0.15, 0.2) is 30.3 Å². The van der Waals surface area contributed by atoms with E-state index in [1.165, 1.54) is 18.2 Å². The zero-order valence-electron chi connectivity index (χ0n) is 9.34. The van der Waals surface area contributed by atoms with Crippen molar-refractivity contribution in [2.75, 3.05) is 0 Å². The molecule has 0 bridgehead atoms. The normalized spacial score (nSPS) is 12.6. The molecule has 0 radical (unpaired) electrons. The summed E-state index contributed by atoms with van der Waals surface area (Å²) in [7, 11) is 0. The fourth-order valence-electron chi connectivity index (χ4n) is 2.13. The van der Waals surface area contributed by atoms with Gasteiger partial charge in [0.05, 0.1) is 0 Å². The minimum absolute atomic E-state index is 0.286. The van der Waals surface area contributed by atoms with Crippen molar-refractivity contribution in [2.24, 2.45) is 0 Å². The molecule has 0 spiro atoms. The van der Waals surface area contributed by atoms with Crippen LogP contribution in [0.4, 0.5) is 8.78 Å². The summed E-state index contributed by atoms with van der Waals surface area (Å²) >= 11 is 3.23. The quantitative estimate of drug-likeness (QED) is 0.709. The molecule has 0 N–H and O–H groups in total. The predicted octanol–water partition coefficient (Wildman–Crippen LogP) is 4.42. The van der Waals surface area contributed by atoms with Gasteiger partial charge in [0.2, 0.25) is 0 Å². The Bertz CT molecular complexity index is 625. The molecule has 1 aliphatic rings. The van der Waals surface area contributed by atoms with Gasteiger partial charge in [-0.1, -0.05) is 22.0 Å². The molecule has 18 heavy (non-hydrogen) atoms. The summed E-state index contributed by atoms with van der Waals surface area (Å²) in [6.45, 7) is 0.313. The maximum Gasteiger partial charge on any atom is 0.128 e. The van der Waals surface area contributed by atoms with Crippen molar-refractivity contribution in [3.8, 4) is 16.9 Å². The van der Waals surface area contributed by atoms with Crippen molar-refractivity contribution in [2.45, 2.75) is 11.9 Å². The molecular formula is C14H9BrF2O. The first-order chi connectivity index (χ1) is 8.69. The molecule has 0 amide bonds. The third-order valence-electron chi connectivity index (χ3n) is 3.03. The van der Waals surface area contributed by atoms with Crippen molar-refractivity contribution in [3.63, 3.8) is 0 Å². The number of halogens is 3. The second-order valence-electron chi connectivity index (χ2n) is 4.16. The first-order valence-corrected chi connectivity index (χ1v) is 6.61. The molecule has 0 atom stereocenters. The molecule has 1 aliphatic heterocycles. The number of rotatable bonds is 1. The summed E-state index contributed by atoms with van der Waals surface area (Å²) in [5.41, 5.74) is 2.81. The molecule has 92 valence electrons. The second kappa shape index (κ2) is 4.35. The van der Waals surface area contributed by atoms with Crippen molar-refractivity contribution in [1.29, 1.82) is 0 Å². The van der Waals surface area contributed by atoms with Crippen LogP contribution in [0.2, 0.25) is 0 Å². The summed E-state index contributed by atoms with van der Waals surface area (Å²) in [6.07, 6.45) is 0. The molecule has 0 unspecified atom stereocenters. The van der Waals surface area contributed by atoms with Gasteiger partial charge < -0.3 is 4.74 Å². The Hall–Kier alpha value is -1.42. The number of hydrogen-bond acceptors (Lipinski definition) is 1. The SMILES string of the molecule is Fc1ccc2c(c1)COc1cc(CBr)c(F)cc1-2. The maximum absolute atomic E-state index is 13.8. The van der Waals surface area contributed by atoms with Gasteiger partial charge in [-0.05, 0) is 29.8 Å². The molecule has 0 saturated carbocycles. The van der Waals surface area contributed by atoms with Crippen LogP contribution in [0.5, 0.6) is 5.75 Å². The minimum Gasteiger partial charge on any atom is -0.488 e. The van der Waals surface area contributed by atoms with Gasteiger partial charge in [0.1, 0.15) is 24.0 Å². The number of fused-ring (bicyclic) bond motifs is 3. The predicted molar refractivity (Wildman–Crippen MR) is 68.8 cm³/mol. The highest BCUT2D eigenvalue weighted by Crippen LogP contribution is 2.39. The Morgan fingerprint density at radius 2 is 1.94 bits per heavy atom. The molecule has 2 aromatic carbocycles. The van der Waals surface area contributed by atoms with Crippen LogP contribution in [-0.4, -0.2) is 0 Å². The van der Waals surface area contributed by atoms with Gasteiger partial charge in [0.25, 0.3) is 0 Å². The molecule has 3 rings (SSSR count). The van der Waals surface area contributed by atoms with E-state index in [4.69, 9.17) is 4.74 Å². The minimum atomic E-state index is -0.307. The fraction of sp³-hybridized carbons (Fsp3) is 0.143. The molecular weight excluding hydrogens is 302 g/mol. The first-order valence-electron chi connectivity index (χ1n) is 5.49. The molecule has 0 aromatic heterocycles. The second-order valence-corrected chi connectivity index (χ2v) is 4.72. The van der Waals surface area contributed by atoms with E-state index in [2.05, 4.69) is 15.9 Å². The van der Waals surface area contributed by atoms with E-state index in [-0.39, 0.29) is 11.6 Å². The van der Waals surface area contributed by atoms with Crippen LogP contribution in [-0.2, 0) is 11.9 Å². The summed E-state index contributed by atoms with van der Waals surface area (Å²) in [6, 6.07) is 7.60. The van der Waals surface area contributed by atoms with E-state index in [9.17, 15) is 8.78 Å². The standard InChI is InChI=1S/C14H9BrF2O/c15-6-8-4-14-12(5-13(8)17)11-2-1-10(16)3-9(11)7-18-14/h1-5H,6-7H2. The van der Waals surface area contributed by atoms with Gasteiger partial charge in [-0.25, -0.2) is 8.78 Å². The van der Waals surface area contributed by atoms with Crippen molar-refractivity contribution in [1.82, 2.24) is 0 Å². The van der Waals surface area contributed by atoms with E-state index >= 15 is 0 Å². The largest absolute Gasteiger partial charge is 0.488 e. The number of alkyl halides is 1. The topological polar surface area (TPSA) is 9.23 Å². The van der Waals surface area contributed by atoms with Crippen LogP contribution in [0.3, 0.4) is 0 Å². The maximum atomic E-state index is 13.8. The Morgan fingerprint density at radius 3 is 2.72 bits per heavy atom. The molecule has 1 heterocycles. The van der Waals surface area contributed by atoms with Crippen LogP contribution in [0.1, 0.15) is 11.1 Å². The van der Waals surface area contributed by atoms with Gasteiger partial charge in [0.15, 0.2) is 0 Å². The molecule has 4 heteroatoms. The summed E-state index contributed by atoms with van der Waals surface area (Å²) in [4.78, 5) is 0. The lowest BCUT2D eigenvalue weighted by Gasteiger charge is -2.21. The molecule has 0 saturated heterocycles. The van der Waals surface area contributed by atoms with Gasteiger partial charge in [-0.3, -0.25) is 0 Å². The van der Waals surface area contributed by atoms with Gasteiger partial charge in [-0.15, -0.1) is 0 Å². The van der Waals surface area contributed by atoms with E-state index in [1.807, 2.05) is 0 Å². The third kappa shape index (κ3) is 1.81. The van der Waals surface area contributed by atoms with E-state index in [0.29, 0.717) is 28.8 Å². The van der Waals surface area contributed by atoms with E-state index in [0.717, 1.165) is 11.1 Å². The van der Waals surface area contributed by atoms with Gasteiger partial charge in [-0.2, -0.15) is 0 Å². The Balaban J connectivity index is 2.21. The van der Waals surface area contributed by atoms with E-state index in [1.54, 1.807) is 12.1 Å². The average molecular weight is 311 g/mol. The highest BCUT2D eigenvalue weighted by Gasteiger charge is 2.20. The van der Waals surface area contributed by atoms with Crippen LogP contribution in [0, 0.1) is 11.6 Å². The lowest BCUT2D eigenvalue weighted by Crippen LogP contribution is -2.07. The van der Waals surface area contributed by atoms with Crippen molar-refractivity contribution < 1.29 is 13.5 Å².